The van der Waals surface area contributed by atoms with Crippen LogP contribution in [0.15, 0.2) is 23.6 Å². The Kier molecular flexibility index (Phi) is 5.33. The lowest BCUT2D eigenvalue weighted by molar-refractivity contribution is -0.136. The Morgan fingerprint density at radius 1 is 1.29 bits per heavy atom. The molecule has 2 aromatic rings. The number of nitrogens with zero attached hydrogens (tertiary/aromatic N) is 1. The lowest BCUT2D eigenvalue weighted by Gasteiger charge is -2.07. The number of rotatable bonds is 7. The summed E-state index contributed by atoms with van der Waals surface area (Å²) in [7, 11) is 0. The van der Waals surface area contributed by atoms with Crippen molar-refractivity contribution in [1.29, 1.82) is 0 Å². The minimum absolute atomic E-state index is 0.00440. The van der Waals surface area contributed by atoms with E-state index in [4.69, 9.17) is 9.84 Å². The number of hydrogen-bond donors (Lipinski definition) is 1. The van der Waals surface area contributed by atoms with Gasteiger partial charge in [-0.3, -0.25) is 4.79 Å². The average Bonchev–Trinajstić information content (AvgIpc) is 2.80. The molecular formula is C16H19NO3S. The van der Waals surface area contributed by atoms with E-state index in [2.05, 4.69) is 24.9 Å². The molecule has 0 aliphatic heterocycles. The number of carbonyl (C=O) groups is 1. The van der Waals surface area contributed by atoms with E-state index >= 15 is 0 Å². The van der Waals surface area contributed by atoms with Crippen LogP contribution in [0.2, 0.25) is 0 Å². The molecule has 0 aliphatic rings. The number of benzene rings is 1. The fourth-order valence-electron chi connectivity index (χ4n) is 2.13. The Bertz CT molecular complexity index is 601. The first kappa shape index (κ1) is 15.5. The van der Waals surface area contributed by atoms with Crippen molar-refractivity contribution in [2.75, 3.05) is 6.61 Å². The molecule has 0 atom stereocenters. The van der Waals surface area contributed by atoms with Crippen molar-refractivity contribution < 1.29 is 14.6 Å². The predicted molar refractivity (Wildman–Crippen MR) is 83.2 cm³/mol. The number of carboxylic acids is 1. The molecule has 21 heavy (non-hydrogen) atoms. The van der Waals surface area contributed by atoms with Crippen LogP contribution in [0.5, 0.6) is 5.75 Å². The van der Waals surface area contributed by atoms with Gasteiger partial charge in [0.1, 0.15) is 5.75 Å². The molecule has 1 aromatic carbocycles. The molecule has 2 rings (SSSR count). The largest absolute Gasteiger partial charge is 0.494 e. The van der Waals surface area contributed by atoms with Gasteiger partial charge in [-0.1, -0.05) is 6.07 Å². The number of aryl methyl sites for hydroxylation is 3. The summed E-state index contributed by atoms with van der Waals surface area (Å²) in [5, 5.41) is 11.5. The highest BCUT2D eigenvalue weighted by Crippen LogP contribution is 2.17. The Balaban J connectivity index is 1.76. The third-order valence-electron chi connectivity index (χ3n) is 2.93. The lowest BCUT2D eigenvalue weighted by Crippen LogP contribution is -2.02. The van der Waals surface area contributed by atoms with Crippen molar-refractivity contribution in [1.82, 2.24) is 4.98 Å². The zero-order valence-corrected chi connectivity index (χ0v) is 13.1. The molecule has 112 valence electrons. The van der Waals surface area contributed by atoms with Gasteiger partial charge >= 0.3 is 5.97 Å². The molecule has 0 radical (unpaired) electrons. The average molecular weight is 305 g/mol. The minimum Gasteiger partial charge on any atom is -0.494 e. The summed E-state index contributed by atoms with van der Waals surface area (Å²) in [6, 6.07) is 6.18. The van der Waals surface area contributed by atoms with Crippen LogP contribution in [0.4, 0.5) is 0 Å². The first-order valence-corrected chi connectivity index (χ1v) is 7.77. The van der Waals surface area contributed by atoms with Crippen LogP contribution in [-0.4, -0.2) is 22.7 Å². The fourth-order valence-corrected chi connectivity index (χ4v) is 2.97. The molecule has 5 heteroatoms. The Morgan fingerprint density at radius 3 is 2.67 bits per heavy atom. The van der Waals surface area contributed by atoms with Crippen LogP contribution in [0.1, 0.15) is 28.2 Å². The molecule has 0 saturated heterocycles. The van der Waals surface area contributed by atoms with E-state index in [-0.39, 0.29) is 6.42 Å². The number of aliphatic carboxylic acids is 1. The lowest BCUT2D eigenvalue weighted by atomic mass is 10.1. The quantitative estimate of drug-likeness (QED) is 0.797. The van der Waals surface area contributed by atoms with Crippen LogP contribution in [-0.2, 0) is 17.6 Å². The van der Waals surface area contributed by atoms with Gasteiger partial charge in [0.05, 0.1) is 23.7 Å². The third kappa shape index (κ3) is 5.19. The van der Waals surface area contributed by atoms with E-state index in [1.165, 1.54) is 22.5 Å². The van der Waals surface area contributed by atoms with E-state index < -0.39 is 5.97 Å². The first-order valence-electron chi connectivity index (χ1n) is 6.89. The van der Waals surface area contributed by atoms with Crippen molar-refractivity contribution in [2.24, 2.45) is 0 Å². The Hall–Kier alpha value is -1.88. The van der Waals surface area contributed by atoms with Crippen molar-refractivity contribution >= 4 is 17.3 Å². The first-order chi connectivity index (χ1) is 10.0. The van der Waals surface area contributed by atoms with Crippen LogP contribution in [0.3, 0.4) is 0 Å². The molecule has 0 amide bonds. The highest BCUT2D eigenvalue weighted by atomic mass is 32.1. The van der Waals surface area contributed by atoms with Crippen molar-refractivity contribution in [3.05, 3.63) is 45.4 Å². The number of aromatic nitrogens is 1. The summed E-state index contributed by atoms with van der Waals surface area (Å²) in [5.74, 6) is 0.0585. The molecule has 0 bridgehead atoms. The molecule has 1 N–H and O–H groups in total. The van der Waals surface area contributed by atoms with E-state index in [9.17, 15) is 4.79 Å². The van der Waals surface area contributed by atoms with E-state index in [0.717, 1.165) is 23.6 Å². The Morgan fingerprint density at radius 2 is 2.00 bits per heavy atom. The number of carboxylic acid groups (broad SMARTS) is 1. The van der Waals surface area contributed by atoms with Gasteiger partial charge < -0.3 is 9.84 Å². The summed E-state index contributed by atoms with van der Waals surface area (Å²) in [6.45, 7) is 4.75. The predicted octanol–water partition coefficient (Wildman–Crippen LogP) is 3.40. The molecule has 0 saturated carbocycles. The van der Waals surface area contributed by atoms with Gasteiger partial charge in [0, 0.05) is 11.8 Å². The highest BCUT2D eigenvalue weighted by molar-refractivity contribution is 7.09. The second kappa shape index (κ2) is 7.22. The van der Waals surface area contributed by atoms with Crippen molar-refractivity contribution in [3.63, 3.8) is 0 Å². The van der Waals surface area contributed by atoms with Crippen LogP contribution < -0.4 is 4.74 Å². The van der Waals surface area contributed by atoms with Gasteiger partial charge in [-0.05, 0) is 43.5 Å². The van der Waals surface area contributed by atoms with E-state index in [1.807, 2.05) is 17.5 Å². The molecule has 0 fully saturated rings. The maximum atomic E-state index is 10.6. The molecular weight excluding hydrogens is 286 g/mol. The summed E-state index contributed by atoms with van der Waals surface area (Å²) >= 11 is 1.51. The van der Waals surface area contributed by atoms with E-state index in [1.54, 1.807) is 0 Å². The third-order valence-corrected chi connectivity index (χ3v) is 3.89. The maximum absolute atomic E-state index is 10.6. The van der Waals surface area contributed by atoms with Gasteiger partial charge in [0.2, 0.25) is 0 Å². The van der Waals surface area contributed by atoms with E-state index in [0.29, 0.717) is 12.3 Å². The zero-order valence-electron chi connectivity index (χ0n) is 12.3. The SMILES string of the molecule is Cc1cc(C)cc(OCCCc2nc(CC(=O)O)cs2)c1. The normalized spacial score (nSPS) is 10.6. The van der Waals surface area contributed by atoms with Crippen molar-refractivity contribution in [3.8, 4) is 5.75 Å². The second-order valence-electron chi connectivity index (χ2n) is 5.08. The molecule has 0 aliphatic carbocycles. The van der Waals surface area contributed by atoms with Gasteiger partial charge in [0.25, 0.3) is 0 Å². The summed E-state index contributed by atoms with van der Waals surface area (Å²) in [5.41, 5.74) is 3.03. The van der Waals surface area contributed by atoms with Gasteiger partial charge in [-0.15, -0.1) is 11.3 Å². The van der Waals surface area contributed by atoms with Gasteiger partial charge in [0.15, 0.2) is 0 Å². The van der Waals surface area contributed by atoms with Gasteiger partial charge in [-0.25, -0.2) is 4.98 Å². The molecule has 0 spiro atoms. The number of thiazole rings is 1. The topological polar surface area (TPSA) is 59.4 Å². The summed E-state index contributed by atoms with van der Waals surface area (Å²) in [6.07, 6.45) is 1.68. The molecule has 4 nitrogen and oxygen atoms in total. The maximum Gasteiger partial charge on any atom is 0.309 e. The number of hydrogen-bond acceptors (Lipinski definition) is 4. The summed E-state index contributed by atoms with van der Waals surface area (Å²) < 4.78 is 5.74. The molecule has 0 unspecified atom stereocenters. The highest BCUT2D eigenvalue weighted by Gasteiger charge is 2.06. The van der Waals surface area contributed by atoms with Crippen LogP contribution >= 0.6 is 11.3 Å². The van der Waals surface area contributed by atoms with Crippen LogP contribution in [0, 0.1) is 13.8 Å². The molecule has 1 aromatic heterocycles. The molecule has 1 heterocycles. The summed E-state index contributed by atoms with van der Waals surface area (Å²) in [4.78, 5) is 14.9. The second-order valence-corrected chi connectivity index (χ2v) is 6.02. The Labute approximate surface area is 128 Å². The fraction of sp³-hybridized carbons (Fsp3) is 0.375. The zero-order chi connectivity index (χ0) is 15.2. The number of ether oxygens (including phenoxy) is 1. The smallest absolute Gasteiger partial charge is 0.309 e. The monoisotopic (exact) mass is 305 g/mol. The minimum atomic E-state index is -0.843. The van der Waals surface area contributed by atoms with Gasteiger partial charge in [-0.2, -0.15) is 0 Å². The van der Waals surface area contributed by atoms with Crippen LogP contribution in [0.25, 0.3) is 0 Å². The van der Waals surface area contributed by atoms with Crippen molar-refractivity contribution in [2.45, 2.75) is 33.1 Å². The standard InChI is InChI=1S/C16H19NO3S/c1-11-6-12(2)8-14(7-11)20-5-3-4-15-17-13(10-21-15)9-16(18)19/h6-8,10H,3-5,9H2,1-2H3,(H,18,19).